The molecule has 0 bridgehead atoms. The van der Waals surface area contributed by atoms with Gasteiger partial charge in [0.2, 0.25) is 11.8 Å². The summed E-state index contributed by atoms with van der Waals surface area (Å²) in [5, 5.41) is 6.09. The molecule has 2 aromatic heterocycles. The van der Waals surface area contributed by atoms with E-state index in [0.29, 0.717) is 80.6 Å². The maximum Gasteiger partial charge on any atom is 0.407 e. The summed E-state index contributed by atoms with van der Waals surface area (Å²) in [6, 6.07) is 14.7. The molecule has 4 aliphatic heterocycles. The highest BCUT2D eigenvalue weighted by molar-refractivity contribution is 6.32. The Bertz CT molecular complexity index is 2340. The van der Waals surface area contributed by atoms with E-state index < -0.39 is 24.3 Å². The van der Waals surface area contributed by atoms with Gasteiger partial charge >= 0.3 is 12.2 Å². The second-order valence-corrected chi connectivity index (χ2v) is 18.2. The van der Waals surface area contributed by atoms with Gasteiger partial charge < -0.3 is 49.3 Å². The van der Waals surface area contributed by atoms with E-state index in [9.17, 15) is 19.2 Å². The molecule has 17 heteroatoms. The van der Waals surface area contributed by atoms with Crippen molar-refractivity contribution in [1.82, 2.24) is 40.4 Å². The number of aromatic nitrogens is 4. The van der Waals surface area contributed by atoms with Gasteiger partial charge in [-0.2, -0.15) is 0 Å². The molecular weight excluding hydrogens is 828 g/mol. The van der Waals surface area contributed by atoms with Crippen molar-refractivity contribution in [2.24, 2.45) is 23.7 Å². The summed E-state index contributed by atoms with van der Waals surface area (Å²) >= 11 is 6.82. The minimum Gasteiger partial charge on any atom is -0.453 e. The van der Waals surface area contributed by atoms with E-state index in [-0.39, 0.29) is 47.8 Å². The fourth-order valence-electron chi connectivity index (χ4n) is 10.6. The van der Waals surface area contributed by atoms with E-state index in [1.165, 1.54) is 14.2 Å². The van der Waals surface area contributed by atoms with E-state index in [2.05, 4.69) is 44.9 Å². The Kier molecular flexibility index (Phi) is 11.4. The molecule has 8 atom stereocenters. The normalized spacial score (nSPS) is 26.3. The maximum absolute atomic E-state index is 14.3. The number of nitrogens with zero attached hydrogens (tertiary/aromatic N) is 4. The lowest BCUT2D eigenvalue weighted by molar-refractivity contribution is -0.138. The molecule has 4 amide bonds. The first-order chi connectivity index (χ1) is 30.7. The van der Waals surface area contributed by atoms with Gasteiger partial charge in [-0.1, -0.05) is 60.1 Å². The van der Waals surface area contributed by atoms with E-state index in [1.807, 2.05) is 40.3 Å². The molecule has 6 heterocycles. The van der Waals surface area contributed by atoms with Crippen molar-refractivity contribution in [1.29, 1.82) is 0 Å². The quantitative estimate of drug-likeness (QED) is 0.131. The van der Waals surface area contributed by atoms with Crippen LogP contribution in [-0.2, 0) is 28.5 Å². The number of aromatic amines is 2. The van der Waals surface area contributed by atoms with Gasteiger partial charge in [-0.15, -0.1) is 0 Å². The van der Waals surface area contributed by atoms with Crippen molar-refractivity contribution in [2.45, 2.75) is 87.6 Å². The van der Waals surface area contributed by atoms with Crippen LogP contribution >= 0.6 is 11.6 Å². The number of fused-ring (bicyclic) bond motifs is 2. The summed E-state index contributed by atoms with van der Waals surface area (Å²) in [6.07, 6.45) is 6.85. The first-order valence-corrected chi connectivity index (χ1v) is 22.6. The van der Waals surface area contributed by atoms with Crippen LogP contribution in [-0.4, -0.2) is 119 Å². The molecule has 4 N–H and O–H groups in total. The molecule has 332 valence electrons. The van der Waals surface area contributed by atoms with Crippen LogP contribution in [0.2, 0.25) is 5.15 Å². The topological polar surface area (TPSA) is 193 Å². The molecule has 2 aromatic carbocycles. The predicted molar refractivity (Wildman–Crippen MR) is 230 cm³/mol. The third kappa shape index (κ3) is 8.17. The monoisotopic (exact) mass is 880 g/mol. The van der Waals surface area contributed by atoms with Crippen molar-refractivity contribution >= 4 is 35.6 Å². The number of amides is 4. The van der Waals surface area contributed by atoms with Crippen LogP contribution < -0.4 is 10.6 Å². The summed E-state index contributed by atoms with van der Waals surface area (Å²) < 4.78 is 20.9. The van der Waals surface area contributed by atoms with Crippen molar-refractivity contribution in [3.05, 3.63) is 71.5 Å². The minimum atomic E-state index is -0.711. The Morgan fingerprint density at radius 2 is 1.13 bits per heavy atom. The van der Waals surface area contributed by atoms with Gasteiger partial charge in [0, 0.05) is 44.1 Å². The van der Waals surface area contributed by atoms with E-state index in [1.54, 1.807) is 0 Å². The van der Waals surface area contributed by atoms with Crippen LogP contribution in [0, 0.1) is 23.7 Å². The average Bonchev–Trinajstić information content (AvgIpc) is 3.97. The lowest BCUT2D eigenvalue weighted by atomic mass is 9.90. The molecule has 0 radical (unpaired) electrons. The Hall–Kier alpha value is -5.45. The Morgan fingerprint density at radius 3 is 1.62 bits per heavy atom. The first-order valence-electron chi connectivity index (χ1n) is 22.2. The van der Waals surface area contributed by atoms with Crippen LogP contribution in [0.15, 0.2) is 54.7 Å². The van der Waals surface area contributed by atoms with Crippen LogP contribution in [0.3, 0.4) is 0 Å². The van der Waals surface area contributed by atoms with Gasteiger partial charge in [-0.25, -0.2) is 19.6 Å². The van der Waals surface area contributed by atoms with Gasteiger partial charge in [0.15, 0.2) is 0 Å². The summed E-state index contributed by atoms with van der Waals surface area (Å²) in [6.45, 7) is 2.21. The number of imidazole rings is 2. The number of hydrogen-bond donors (Lipinski definition) is 4. The number of alkyl carbamates (subject to hydrolysis) is 2. The highest BCUT2D eigenvalue weighted by atomic mass is 35.5. The second-order valence-electron chi connectivity index (χ2n) is 17.9. The lowest BCUT2D eigenvalue weighted by Gasteiger charge is -2.35. The van der Waals surface area contributed by atoms with Gasteiger partial charge in [0.05, 0.1) is 38.2 Å². The standard InChI is InChI=1S/C46H53ClN8O8/c1-60-45(58)51-38(28-11-15-62-16-12-28)43(56)54-33-19-30(33)21-35(54)41-48-23-32(49-41)26-7-3-24(4-8-26)25-5-9-27(10-6-25)37-40(47)53-42(50-37)36-22-31-20-34(31)55(36)44(57)39(52-46(59)61-2)29-13-17-63-18-14-29/h3-10,23,28-31,33-36,38-39H,11-22H2,1-2H3,(H,48,49)(H,50,53)(H,51,58)(H,52,59)/t30-,31-,33-,34-,35+,36+,38+,39+/m1/s1. The number of nitrogens with one attached hydrogen (secondary N) is 4. The van der Waals surface area contributed by atoms with E-state index in [4.69, 9.17) is 40.5 Å². The number of likely N-dealkylation sites (tertiary alicyclic amines) is 2. The number of carbonyl (C=O) groups excluding carboxylic acids is 4. The van der Waals surface area contributed by atoms with Crippen molar-refractivity contribution in [3.8, 4) is 33.6 Å². The molecule has 6 fully saturated rings. The van der Waals surface area contributed by atoms with Crippen LogP contribution in [0.1, 0.15) is 75.1 Å². The molecule has 63 heavy (non-hydrogen) atoms. The molecule has 4 aromatic rings. The third-order valence-corrected chi connectivity index (χ3v) is 14.5. The zero-order valence-electron chi connectivity index (χ0n) is 35.4. The summed E-state index contributed by atoms with van der Waals surface area (Å²) in [5.41, 5.74) is 5.34. The maximum atomic E-state index is 14.3. The summed E-state index contributed by atoms with van der Waals surface area (Å²) in [5.74, 6) is 1.92. The Morgan fingerprint density at radius 1 is 0.667 bits per heavy atom. The highest BCUT2D eigenvalue weighted by Gasteiger charge is 2.58. The number of methoxy groups -OCH3 is 2. The second kappa shape index (κ2) is 17.3. The van der Waals surface area contributed by atoms with Gasteiger partial charge in [0.1, 0.15) is 34.6 Å². The number of carbonyl (C=O) groups is 4. The summed E-state index contributed by atoms with van der Waals surface area (Å²) in [7, 11) is 2.62. The number of piperidine rings is 2. The smallest absolute Gasteiger partial charge is 0.407 e. The van der Waals surface area contributed by atoms with Crippen LogP contribution in [0.5, 0.6) is 0 Å². The molecule has 6 aliphatic rings. The average molecular weight is 881 g/mol. The van der Waals surface area contributed by atoms with Crippen LogP contribution in [0.25, 0.3) is 33.6 Å². The molecule has 16 nitrogen and oxygen atoms in total. The van der Waals surface area contributed by atoms with Gasteiger partial charge in [-0.05, 0) is 91.7 Å². The molecule has 0 spiro atoms. The number of rotatable bonds is 11. The highest BCUT2D eigenvalue weighted by Crippen LogP contribution is 2.55. The molecule has 4 saturated heterocycles. The van der Waals surface area contributed by atoms with E-state index in [0.717, 1.165) is 59.5 Å². The van der Waals surface area contributed by atoms with Crippen molar-refractivity contribution in [3.63, 3.8) is 0 Å². The lowest BCUT2D eigenvalue weighted by Crippen LogP contribution is -2.54. The zero-order valence-corrected chi connectivity index (χ0v) is 36.1. The molecule has 2 aliphatic carbocycles. The molecular formula is C46H53ClN8O8. The molecule has 10 rings (SSSR count). The van der Waals surface area contributed by atoms with Crippen LogP contribution in [0.4, 0.5) is 9.59 Å². The number of H-pyrrole nitrogens is 2. The molecule has 2 saturated carbocycles. The molecule has 0 unspecified atom stereocenters. The first kappa shape index (κ1) is 41.6. The zero-order chi connectivity index (χ0) is 43.4. The van der Waals surface area contributed by atoms with Gasteiger partial charge in [0.25, 0.3) is 0 Å². The Balaban J connectivity index is 0.817. The SMILES string of the molecule is COC(=O)N[C@H](C(=O)N1[C@@H]2C[C@@H]2C[C@H]1c1ncc(-c2ccc(-c3ccc(-c4nc([C@@H]5C[C@H]6C[C@H]6N5C(=O)[C@@H](NC(=O)OC)C5CCOCC5)[nH]c4Cl)cc3)cc2)[nH]1)C1CCOCC1. The van der Waals surface area contributed by atoms with Gasteiger partial charge in [-0.3, -0.25) is 9.59 Å². The van der Waals surface area contributed by atoms with E-state index >= 15 is 0 Å². The number of benzene rings is 2. The fraction of sp³-hybridized carbons (Fsp3) is 0.522. The number of ether oxygens (including phenoxy) is 4. The van der Waals surface area contributed by atoms with Crippen molar-refractivity contribution in [2.75, 3.05) is 40.6 Å². The Labute approximate surface area is 370 Å². The third-order valence-electron chi connectivity index (χ3n) is 14.2. The minimum absolute atomic E-state index is 0.0282. The number of hydrogen-bond acceptors (Lipinski definition) is 10. The predicted octanol–water partition coefficient (Wildman–Crippen LogP) is 6.41. The number of halogens is 1. The largest absolute Gasteiger partial charge is 0.453 e. The fourth-order valence-corrected chi connectivity index (χ4v) is 10.9. The van der Waals surface area contributed by atoms with Crippen molar-refractivity contribution < 1.29 is 38.1 Å². The summed E-state index contributed by atoms with van der Waals surface area (Å²) in [4.78, 5) is 73.6.